The van der Waals surface area contributed by atoms with Gasteiger partial charge in [-0.2, -0.15) is 0 Å². The van der Waals surface area contributed by atoms with E-state index in [9.17, 15) is 9.59 Å². The summed E-state index contributed by atoms with van der Waals surface area (Å²) in [6, 6.07) is 8.53. The summed E-state index contributed by atoms with van der Waals surface area (Å²) in [5.74, 6) is 0.498. The van der Waals surface area contributed by atoms with Crippen LogP contribution in [0.15, 0.2) is 56.4 Å². The predicted molar refractivity (Wildman–Crippen MR) is 132 cm³/mol. The first-order valence-corrected chi connectivity index (χ1v) is 11.1. The third-order valence-electron chi connectivity index (χ3n) is 5.07. The number of nitrogens with two attached hydrogens (primary N) is 1. The van der Waals surface area contributed by atoms with Gasteiger partial charge in [0.25, 0.3) is 5.89 Å². The van der Waals surface area contributed by atoms with Crippen molar-refractivity contribution in [3.05, 3.63) is 64.3 Å². The molecule has 0 saturated carbocycles. The number of hydrogen-bond donors (Lipinski definition) is 1. The minimum absolute atomic E-state index is 0.0994. The molecule has 0 bridgehead atoms. The summed E-state index contributed by atoms with van der Waals surface area (Å²) >= 11 is 0. The van der Waals surface area contributed by atoms with Gasteiger partial charge >= 0.3 is 11.7 Å². The monoisotopic (exact) mass is 490 g/mol. The smallest absolute Gasteiger partial charge is 0.410 e. The molecule has 0 aliphatic rings. The summed E-state index contributed by atoms with van der Waals surface area (Å²) in [5, 5.41) is 8.25. The predicted octanol–water partition coefficient (Wildman–Crippen LogP) is 4.07. The molecule has 0 saturated heterocycles. The largest absolute Gasteiger partial charge is 0.444 e. The van der Waals surface area contributed by atoms with Crippen molar-refractivity contribution in [2.24, 2.45) is 0 Å². The van der Waals surface area contributed by atoms with Gasteiger partial charge in [0.15, 0.2) is 11.5 Å². The van der Waals surface area contributed by atoms with Crippen LogP contribution in [0.4, 0.5) is 10.6 Å². The van der Waals surface area contributed by atoms with Gasteiger partial charge in [0, 0.05) is 30.8 Å². The molecule has 3 aromatic heterocycles. The van der Waals surface area contributed by atoms with E-state index < -0.39 is 17.3 Å². The standard InChI is InChI=1S/C25H26N6O5/c1-14-10-15(12-31(5)24(33)36-25(2,3)4)6-8-17(14)22-29-30-23(35-22)20-21(26)27-11-18(28-20)16-7-9-19(32)34-13-16/h6-11,13H,12H2,1-5H3,(H2,26,27). The Bertz CT molecular complexity index is 1450. The summed E-state index contributed by atoms with van der Waals surface area (Å²) in [6.07, 6.45) is 2.35. The summed E-state index contributed by atoms with van der Waals surface area (Å²) in [4.78, 5) is 33.6. The highest BCUT2D eigenvalue weighted by molar-refractivity contribution is 5.69. The van der Waals surface area contributed by atoms with Crippen molar-refractivity contribution >= 4 is 11.9 Å². The highest BCUT2D eigenvalue weighted by Crippen LogP contribution is 2.29. The summed E-state index contributed by atoms with van der Waals surface area (Å²) in [6.45, 7) is 7.77. The number of nitrogens with zero attached hydrogens (tertiary/aromatic N) is 5. The van der Waals surface area contributed by atoms with E-state index in [1.54, 1.807) is 13.1 Å². The Balaban J connectivity index is 1.56. The SMILES string of the molecule is Cc1cc(CN(C)C(=O)OC(C)(C)C)ccc1-c1nnc(-c2nc(-c3ccc(=O)oc3)cnc2N)o1. The van der Waals surface area contributed by atoms with Gasteiger partial charge in [-0.25, -0.2) is 19.6 Å². The zero-order valence-corrected chi connectivity index (χ0v) is 20.6. The lowest BCUT2D eigenvalue weighted by atomic mass is 10.0. The number of amides is 1. The minimum atomic E-state index is -0.565. The van der Waals surface area contributed by atoms with Crippen LogP contribution >= 0.6 is 0 Å². The Kier molecular flexibility index (Phi) is 6.56. The molecule has 4 rings (SSSR count). The van der Waals surface area contributed by atoms with Crippen LogP contribution in [-0.4, -0.2) is 43.8 Å². The van der Waals surface area contributed by atoms with E-state index in [1.807, 2.05) is 45.9 Å². The van der Waals surface area contributed by atoms with E-state index in [0.717, 1.165) is 16.7 Å². The van der Waals surface area contributed by atoms with Crippen LogP contribution in [0.1, 0.15) is 31.9 Å². The van der Waals surface area contributed by atoms with E-state index in [4.69, 9.17) is 19.3 Å². The average molecular weight is 491 g/mol. The lowest BCUT2D eigenvalue weighted by molar-refractivity contribution is 0.0285. The molecule has 1 aromatic carbocycles. The van der Waals surface area contributed by atoms with Crippen LogP contribution in [-0.2, 0) is 11.3 Å². The first kappa shape index (κ1) is 24.6. The molecule has 0 spiro atoms. The van der Waals surface area contributed by atoms with Gasteiger partial charge in [-0.1, -0.05) is 12.1 Å². The lowest BCUT2D eigenvalue weighted by Gasteiger charge is -2.24. The number of rotatable bonds is 5. The number of ether oxygens (including phenoxy) is 1. The van der Waals surface area contributed by atoms with Gasteiger partial charge < -0.3 is 24.2 Å². The quantitative estimate of drug-likeness (QED) is 0.433. The molecule has 0 fully saturated rings. The van der Waals surface area contributed by atoms with Crippen molar-refractivity contribution in [3.8, 4) is 34.3 Å². The highest BCUT2D eigenvalue weighted by atomic mass is 16.6. The Hall–Kier alpha value is -4.54. The zero-order chi connectivity index (χ0) is 26.0. The third kappa shape index (κ3) is 5.57. The first-order chi connectivity index (χ1) is 17.0. The number of aryl methyl sites for hydroxylation is 1. The second kappa shape index (κ2) is 9.61. The molecule has 3 heterocycles. The average Bonchev–Trinajstić information content (AvgIpc) is 3.28. The van der Waals surface area contributed by atoms with E-state index in [-0.39, 0.29) is 23.3 Å². The van der Waals surface area contributed by atoms with Crippen molar-refractivity contribution < 1.29 is 18.4 Å². The number of carbonyl (C=O) groups excluding carboxylic acids is 1. The third-order valence-corrected chi connectivity index (χ3v) is 5.07. The minimum Gasteiger partial charge on any atom is -0.444 e. The van der Waals surface area contributed by atoms with Crippen LogP contribution in [0.3, 0.4) is 0 Å². The van der Waals surface area contributed by atoms with E-state index in [2.05, 4.69) is 20.2 Å². The van der Waals surface area contributed by atoms with Crippen molar-refractivity contribution in [2.75, 3.05) is 12.8 Å². The van der Waals surface area contributed by atoms with E-state index in [0.29, 0.717) is 17.8 Å². The molecule has 1 amide bonds. The number of nitrogen functional groups attached to an aromatic ring is 1. The van der Waals surface area contributed by atoms with Crippen LogP contribution in [0.2, 0.25) is 0 Å². The second-order valence-corrected chi connectivity index (χ2v) is 9.23. The number of benzene rings is 1. The van der Waals surface area contributed by atoms with Gasteiger partial charge in [0.05, 0.1) is 11.9 Å². The van der Waals surface area contributed by atoms with E-state index in [1.165, 1.54) is 23.4 Å². The van der Waals surface area contributed by atoms with Gasteiger partial charge in [-0.05, 0) is 51.0 Å². The lowest BCUT2D eigenvalue weighted by Crippen LogP contribution is -2.33. The number of anilines is 1. The fourth-order valence-corrected chi connectivity index (χ4v) is 3.37. The Morgan fingerprint density at radius 1 is 1.14 bits per heavy atom. The van der Waals surface area contributed by atoms with Crippen LogP contribution in [0.5, 0.6) is 0 Å². The molecule has 11 nitrogen and oxygen atoms in total. The normalized spacial score (nSPS) is 11.4. The molecule has 0 aliphatic carbocycles. The van der Waals surface area contributed by atoms with Crippen LogP contribution in [0, 0.1) is 6.92 Å². The maximum Gasteiger partial charge on any atom is 0.410 e. The summed E-state index contributed by atoms with van der Waals surface area (Å²) in [7, 11) is 1.68. The van der Waals surface area contributed by atoms with Crippen LogP contribution < -0.4 is 11.4 Å². The van der Waals surface area contributed by atoms with E-state index >= 15 is 0 Å². The van der Waals surface area contributed by atoms with Gasteiger partial charge in [0.1, 0.15) is 11.9 Å². The van der Waals surface area contributed by atoms with Gasteiger partial charge in [-0.15, -0.1) is 10.2 Å². The Labute approximate surface area is 207 Å². The van der Waals surface area contributed by atoms with Crippen molar-refractivity contribution in [2.45, 2.75) is 39.8 Å². The maximum atomic E-state index is 12.3. The molecular weight excluding hydrogens is 464 g/mol. The van der Waals surface area contributed by atoms with Gasteiger partial charge in [0.2, 0.25) is 5.89 Å². The molecule has 11 heteroatoms. The topological polar surface area (TPSA) is 150 Å². The molecule has 4 aromatic rings. The summed E-state index contributed by atoms with van der Waals surface area (Å²) in [5.41, 5.74) is 8.69. The summed E-state index contributed by atoms with van der Waals surface area (Å²) < 4.78 is 16.2. The number of hydrogen-bond acceptors (Lipinski definition) is 10. The number of carbonyl (C=O) groups is 1. The van der Waals surface area contributed by atoms with Crippen LogP contribution in [0.25, 0.3) is 34.3 Å². The Morgan fingerprint density at radius 2 is 1.89 bits per heavy atom. The molecule has 36 heavy (non-hydrogen) atoms. The van der Waals surface area contributed by atoms with Crippen molar-refractivity contribution in [1.82, 2.24) is 25.1 Å². The van der Waals surface area contributed by atoms with Crippen molar-refractivity contribution in [3.63, 3.8) is 0 Å². The first-order valence-electron chi connectivity index (χ1n) is 11.1. The molecular formula is C25H26N6O5. The fourth-order valence-electron chi connectivity index (χ4n) is 3.37. The molecule has 0 radical (unpaired) electrons. The zero-order valence-electron chi connectivity index (χ0n) is 20.6. The molecule has 2 N–H and O–H groups in total. The molecule has 0 unspecified atom stereocenters. The molecule has 0 atom stereocenters. The Morgan fingerprint density at radius 3 is 2.56 bits per heavy atom. The van der Waals surface area contributed by atoms with Gasteiger partial charge in [-0.3, -0.25) is 0 Å². The second-order valence-electron chi connectivity index (χ2n) is 9.23. The number of aromatic nitrogens is 4. The molecule has 186 valence electrons. The fraction of sp³-hybridized carbons (Fsp3) is 0.280. The van der Waals surface area contributed by atoms with Crippen molar-refractivity contribution in [1.29, 1.82) is 0 Å². The highest BCUT2D eigenvalue weighted by Gasteiger charge is 2.21. The maximum absolute atomic E-state index is 12.3. The molecule has 0 aliphatic heterocycles.